The summed E-state index contributed by atoms with van der Waals surface area (Å²) in [6.07, 6.45) is 0.514. The van der Waals surface area contributed by atoms with Gasteiger partial charge in [0, 0.05) is 24.0 Å². The van der Waals surface area contributed by atoms with Gasteiger partial charge in [0.2, 0.25) is 15.9 Å². The van der Waals surface area contributed by atoms with E-state index in [1.165, 1.54) is 31.3 Å². The number of Topliss-reactive ketones (excluding diaryl/α,β-unsaturated/α-hetero) is 1. The third kappa shape index (κ3) is 5.22. The first-order chi connectivity index (χ1) is 11.7. The summed E-state index contributed by atoms with van der Waals surface area (Å²) in [4.78, 5) is 24.1. The zero-order valence-corrected chi connectivity index (χ0v) is 15.9. The fraction of sp³-hybridized carbons (Fsp3) is 0.294. The highest BCUT2D eigenvalue weighted by Crippen LogP contribution is 2.20. The average Bonchev–Trinajstić information content (AvgIpc) is 2.95. The molecule has 1 amide bonds. The molecule has 25 heavy (non-hydrogen) atoms. The molecule has 0 bridgehead atoms. The van der Waals surface area contributed by atoms with E-state index in [1.54, 1.807) is 25.1 Å². The molecule has 134 valence electrons. The molecular weight excluding hydrogens is 360 g/mol. The third-order valence-corrected chi connectivity index (χ3v) is 6.32. The monoisotopic (exact) mass is 380 g/mol. The van der Waals surface area contributed by atoms with Gasteiger partial charge in [-0.2, -0.15) is 0 Å². The molecule has 0 radical (unpaired) electrons. The number of anilines is 1. The van der Waals surface area contributed by atoms with Crippen LogP contribution in [-0.4, -0.2) is 26.7 Å². The molecule has 0 fully saturated rings. The number of thiophene rings is 1. The smallest absolute Gasteiger partial charge is 0.240 e. The minimum absolute atomic E-state index is 0.00622. The lowest BCUT2D eigenvalue weighted by atomic mass is 10.2. The number of hydrogen-bond acceptors (Lipinski definition) is 5. The summed E-state index contributed by atoms with van der Waals surface area (Å²) in [6, 6.07) is 8.24. The maximum Gasteiger partial charge on any atom is 0.240 e. The molecule has 1 aromatic carbocycles. The van der Waals surface area contributed by atoms with Crippen molar-refractivity contribution < 1.29 is 18.0 Å². The second-order valence-corrected chi connectivity index (χ2v) is 8.54. The summed E-state index contributed by atoms with van der Waals surface area (Å²) in [7, 11) is -3.64. The van der Waals surface area contributed by atoms with Gasteiger partial charge in [0.05, 0.1) is 9.77 Å². The molecule has 1 heterocycles. The Labute approximate surface area is 151 Å². The van der Waals surface area contributed by atoms with Gasteiger partial charge in [0.25, 0.3) is 0 Å². The lowest BCUT2D eigenvalue weighted by Gasteiger charge is -2.11. The van der Waals surface area contributed by atoms with Gasteiger partial charge in [0.1, 0.15) is 0 Å². The van der Waals surface area contributed by atoms with E-state index >= 15 is 0 Å². The molecule has 0 aliphatic heterocycles. The number of benzene rings is 1. The van der Waals surface area contributed by atoms with Crippen LogP contribution in [0.1, 0.15) is 34.0 Å². The van der Waals surface area contributed by atoms with Crippen molar-refractivity contribution in [3.63, 3.8) is 0 Å². The number of sulfonamides is 1. The molecule has 1 aromatic heterocycles. The van der Waals surface area contributed by atoms with Crippen LogP contribution in [0.25, 0.3) is 0 Å². The predicted molar refractivity (Wildman–Crippen MR) is 98.7 cm³/mol. The Hall–Kier alpha value is -2.03. The Bertz CT molecular complexity index is 901. The molecule has 0 atom stereocenters. The maximum atomic E-state index is 12.4. The van der Waals surface area contributed by atoms with E-state index in [9.17, 15) is 18.0 Å². The van der Waals surface area contributed by atoms with Gasteiger partial charge < -0.3 is 5.32 Å². The molecule has 0 unspecified atom stereocenters. The Kier molecular flexibility index (Phi) is 6.10. The Morgan fingerprint density at radius 3 is 2.40 bits per heavy atom. The third-order valence-electron chi connectivity index (χ3n) is 3.46. The van der Waals surface area contributed by atoms with Gasteiger partial charge in [-0.05, 0) is 56.2 Å². The van der Waals surface area contributed by atoms with Gasteiger partial charge in [-0.15, -0.1) is 11.3 Å². The first-order valence-corrected chi connectivity index (χ1v) is 9.96. The maximum absolute atomic E-state index is 12.4. The molecule has 0 aliphatic rings. The van der Waals surface area contributed by atoms with Crippen molar-refractivity contribution in [2.45, 2.75) is 32.1 Å². The number of carbonyl (C=O) groups is 2. The predicted octanol–water partition coefficient (Wildman–Crippen LogP) is 2.74. The van der Waals surface area contributed by atoms with Crippen molar-refractivity contribution in [3.05, 3.63) is 45.6 Å². The summed E-state index contributed by atoms with van der Waals surface area (Å²) in [5.74, 6) is -0.208. The summed E-state index contributed by atoms with van der Waals surface area (Å²) >= 11 is 1.37. The first-order valence-electron chi connectivity index (χ1n) is 7.66. The second-order valence-electron chi connectivity index (χ2n) is 5.63. The van der Waals surface area contributed by atoms with E-state index in [1.807, 2.05) is 6.07 Å². The topological polar surface area (TPSA) is 92.3 Å². The van der Waals surface area contributed by atoms with Crippen LogP contribution in [0.5, 0.6) is 0 Å². The highest BCUT2D eigenvalue weighted by Gasteiger charge is 2.17. The van der Waals surface area contributed by atoms with Crippen molar-refractivity contribution >= 4 is 38.7 Å². The van der Waals surface area contributed by atoms with Crippen LogP contribution in [-0.2, 0) is 21.2 Å². The molecule has 2 N–H and O–H groups in total. The van der Waals surface area contributed by atoms with Crippen LogP contribution in [0.2, 0.25) is 0 Å². The number of ketones is 1. The highest BCUT2D eigenvalue weighted by molar-refractivity contribution is 7.89. The van der Waals surface area contributed by atoms with Crippen LogP contribution in [0.3, 0.4) is 0 Å². The van der Waals surface area contributed by atoms with Crippen LogP contribution >= 0.6 is 11.3 Å². The van der Waals surface area contributed by atoms with Crippen LogP contribution in [0.4, 0.5) is 5.69 Å². The molecule has 8 heteroatoms. The van der Waals surface area contributed by atoms with E-state index < -0.39 is 10.0 Å². The molecule has 0 saturated carbocycles. The van der Waals surface area contributed by atoms with Crippen molar-refractivity contribution in [2.75, 3.05) is 11.9 Å². The molecule has 0 saturated heterocycles. The van der Waals surface area contributed by atoms with Gasteiger partial charge in [0.15, 0.2) is 5.78 Å². The number of nitrogens with one attached hydrogen (secondary N) is 2. The first kappa shape index (κ1) is 19.3. The second kappa shape index (κ2) is 7.90. The summed E-state index contributed by atoms with van der Waals surface area (Å²) in [5, 5.41) is 2.62. The lowest BCUT2D eigenvalue weighted by Crippen LogP contribution is -2.26. The fourth-order valence-corrected chi connectivity index (χ4v) is 4.48. The molecule has 2 aromatic rings. The molecule has 0 aliphatic carbocycles. The Balaban J connectivity index is 2.03. The van der Waals surface area contributed by atoms with Crippen molar-refractivity contribution in [1.29, 1.82) is 0 Å². The number of hydrogen-bond donors (Lipinski definition) is 2. The van der Waals surface area contributed by atoms with E-state index in [-0.39, 0.29) is 23.1 Å². The van der Waals surface area contributed by atoms with Gasteiger partial charge in [-0.25, -0.2) is 13.1 Å². The van der Waals surface area contributed by atoms with Crippen molar-refractivity contribution in [2.24, 2.45) is 0 Å². The van der Waals surface area contributed by atoms with Crippen LogP contribution in [0, 0.1) is 6.92 Å². The summed E-state index contributed by atoms with van der Waals surface area (Å²) in [6.45, 7) is 4.82. The zero-order chi connectivity index (χ0) is 18.6. The lowest BCUT2D eigenvalue weighted by molar-refractivity contribution is -0.114. The minimum atomic E-state index is -3.64. The summed E-state index contributed by atoms with van der Waals surface area (Å²) in [5.41, 5.74) is 1.10. The van der Waals surface area contributed by atoms with Gasteiger partial charge >= 0.3 is 0 Å². The van der Waals surface area contributed by atoms with E-state index in [4.69, 9.17) is 0 Å². The van der Waals surface area contributed by atoms with Gasteiger partial charge in [-0.3, -0.25) is 9.59 Å². The SMILES string of the molecule is CC(=O)Nc1ccc(S(=O)(=O)NCCc2ccc(C(C)=O)s2)c(C)c1. The molecular formula is C17H20N2O4S2. The van der Waals surface area contributed by atoms with Crippen LogP contribution in [0.15, 0.2) is 35.2 Å². The number of aryl methyl sites for hydroxylation is 1. The van der Waals surface area contributed by atoms with Crippen LogP contribution < -0.4 is 10.0 Å². The van der Waals surface area contributed by atoms with E-state index in [2.05, 4.69) is 10.0 Å². The van der Waals surface area contributed by atoms with E-state index in [0.29, 0.717) is 22.5 Å². The number of carbonyl (C=O) groups excluding carboxylic acids is 2. The largest absolute Gasteiger partial charge is 0.326 e. The molecule has 6 nitrogen and oxygen atoms in total. The average molecular weight is 380 g/mol. The van der Waals surface area contributed by atoms with Crippen molar-refractivity contribution in [3.8, 4) is 0 Å². The Morgan fingerprint density at radius 2 is 1.84 bits per heavy atom. The number of amides is 1. The minimum Gasteiger partial charge on any atom is -0.326 e. The molecule has 0 spiro atoms. The zero-order valence-electron chi connectivity index (χ0n) is 14.3. The fourth-order valence-electron chi connectivity index (χ4n) is 2.32. The quantitative estimate of drug-likeness (QED) is 0.723. The molecule has 2 rings (SSSR count). The Morgan fingerprint density at radius 1 is 1.12 bits per heavy atom. The highest BCUT2D eigenvalue weighted by atomic mass is 32.2. The summed E-state index contributed by atoms with van der Waals surface area (Å²) < 4.78 is 27.5. The van der Waals surface area contributed by atoms with Crippen molar-refractivity contribution in [1.82, 2.24) is 4.72 Å². The number of rotatable bonds is 7. The standard InChI is InChI=1S/C17H20N2O4S2/c1-11-10-14(19-13(3)21)4-7-17(11)25(22,23)18-9-8-15-5-6-16(24-15)12(2)20/h4-7,10,18H,8-9H2,1-3H3,(H,19,21). The van der Waals surface area contributed by atoms with Gasteiger partial charge in [-0.1, -0.05) is 0 Å². The van der Waals surface area contributed by atoms with E-state index in [0.717, 1.165) is 4.88 Å². The normalized spacial score (nSPS) is 11.3.